The molecule has 1 aliphatic heterocycles. The van der Waals surface area contributed by atoms with E-state index < -0.39 is 18.4 Å². The molecule has 1 aliphatic rings. The van der Waals surface area contributed by atoms with Crippen LogP contribution in [0.3, 0.4) is 0 Å². The molecule has 0 saturated carbocycles. The van der Waals surface area contributed by atoms with Gasteiger partial charge in [0.25, 0.3) is 0 Å². The number of aromatic nitrogens is 2. The van der Waals surface area contributed by atoms with Crippen molar-refractivity contribution >= 4 is 12.2 Å². The van der Waals surface area contributed by atoms with E-state index in [-0.39, 0.29) is 12.3 Å². The molecule has 2 N–H and O–H groups in total. The number of aliphatic hydroxyl groups is 1. The molecule has 1 saturated heterocycles. The van der Waals surface area contributed by atoms with Gasteiger partial charge in [-0.1, -0.05) is 17.3 Å². The second kappa shape index (κ2) is 5.54. The second-order valence-electron chi connectivity index (χ2n) is 4.30. The Hall–Kier alpha value is -1.67. The predicted molar refractivity (Wildman–Crippen MR) is 69.2 cm³/mol. The zero-order chi connectivity index (χ0) is 14.0. The van der Waals surface area contributed by atoms with Crippen LogP contribution in [-0.2, 0) is 4.74 Å². The van der Waals surface area contributed by atoms with E-state index in [2.05, 4.69) is 15.0 Å². The second-order valence-corrected chi connectivity index (χ2v) is 4.71. The average Bonchev–Trinajstić information content (AvgIpc) is 2.77. The minimum atomic E-state index is -0.601. The maximum absolute atomic E-state index is 11.8. The van der Waals surface area contributed by atoms with Crippen LogP contribution >= 0.6 is 12.2 Å². The summed E-state index contributed by atoms with van der Waals surface area (Å²) in [5.74, 6) is 0. The molecule has 2 heterocycles. The highest BCUT2D eigenvalue weighted by molar-refractivity contribution is 7.71. The smallest absolute Gasteiger partial charge is 0.328 e. The fraction of sp³-hybridized carbons (Fsp3) is 0.600. The highest BCUT2D eigenvalue weighted by Crippen LogP contribution is 2.29. The van der Waals surface area contributed by atoms with Crippen LogP contribution in [0.25, 0.3) is 10.4 Å². The average molecular weight is 283 g/mol. The summed E-state index contributed by atoms with van der Waals surface area (Å²) in [4.78, 5) is 17.1. The van der Waals surface area contributed by atoms with E-state index in [0.29, 0.717) is 11.1 Å². The molecule has 1 fully saturated rings. The molecule has 0 aromatic carbocycles. The summed E-state index contributed by atoms with van der Waals surface area (Å²) in [5, 5.41) is 12.7. The number of azide groups is 1. The van der Waals surface area contributed by atoms with Gasteiger partial charge in [0.2, 0.25) is 0 Å². The molecule has 9 heteroatoms. The van der Waals surface area contributed by atoms with Crippen LogP contribution in [0.2, 0.25) is 0 Å². The quantitative estimate of drug-likeness (QED) is 0.375. The van der Waals surface area contributed by atoms with Crippen molar-refractivity contribution in [3.05, 3.63) is 37.3 Å². The van der Waals surface area contributed by atoms with Crippen molar-refractivity contribution in [3.8, 4) is 0 Å². The van der Waals surface area contributed by atoms with Crippen molar-refractivity contribution in [1.82, 2.24) is 9.55 Å². The molecule has 0 unspecified atom stereocenters. The molecule has 0 radical (unpaired) electrons. The monoisotopic (exact) mass is 283 g/mol. The number of aromatic amines is 1. The molecule has 8 nitrogen and oxygen atoms in total. The van der Waals surface area contributed by atoms with Crippen molar-refractivity contribution < 1.29 is 9.84 Å². The largest absolute Gasteiger partial charge is 0.394 e. The van der Waals surface area contributed by atoms with E-state index in [0.717, 1.165) is 5.56 Å². The fourth-order valence-corrected chi connectivity index (χ4v) is 2.18. The first-order valence-electron chi connectivity index (χ1n) is 5.69. The molecule has 0 bridgehead atoms. The summed E-state index contributed by atoms with van der Waals surface area (Å²) in [7, 11) is 0. The standard InChI is InChI=1S/C10H13N5O3S/c1-5-3-15(10(17)12-9(5)19)8-2-6(13-14-11)7(4-16)18-8/h3,6-8,16H,2,4H2,1H3,(H,12,17,19)/t6-,7+,8+/m0/s1. The minimum absolute atomic E-state index is 0.267. The Bertz CT molecular complexity index is 633. The molecular formula is C10H13N5O3S. The fourth-order valence-electron chi connectivity index (χ4n) is 2.04. The number of hydrogen-bond donors (Lipinski definition) is 2. The summed E-state index contributed by atoms with van der Waals surface area (Å²) < 4.78 is 7.27. The van der Waals surface area contributed by atoms with E-state index in [1.165, 1.54) is 4.57 Å². The third-order valence-electron chi connectivity index (χ3n) is 3.04. The van der Waals surface area contributed by atoms with Gasteiger partial charge in [-0.25, -0.2) is 4.79 Å². The van der Waals surface area contributed by atoms with Gasteiger partial charge in [0.1, 0.15) is 10.9 Å². The van der Waals surface area contributed by atoms with Gasteiger partial charge in [0, 0.05) is 23.1 Å². The molecule has 0 amide bonds. The first kappa shape index (κ1) is 13.8. The van der Waals surface area contributed by atoms with E-state index in [4.69, 9.17) is 22.5 Å². The van der Waals surface area contributed by atoms with Gasteiger partial charge >= 0.3 is 5.69 Å². The van der Waals surface area contributed by atoms with Gasteiger partial charge in [-0.3, -0.25) is 9.55 Å². The normalized spacial score (nSPS) is 26.1. The van der Waals surface area contributed by atoms with Crippen molar-refractivity contribution in [2.45, 2.75) is 31.7 Å². The molecule has 19 heavy (non-hydrogen) atoms. The molecular weight excluding hydrogens is 270 g/mol. The molecule has 3 atom stereocenters. The van der Waals surface area contributed by atoms with Gasteiger partial charge < -0.3 is 9.84 Å². The molecule has 1 aromatic heterocycles. The van der Waals surface area contributed by atoms with E-state index >= 15 is 0 Å². The first-order valence-corrected chi connectivity index (χ1v) is 6.10. The van der Waals surface area contributed by atoms with Crippen molar-refractivity contribution in [2.24, 2.45) is 5.11 Å². The maximum Gasteiger partial charge on any atom is 0.328 e. The Morgan fingerprint density at radius 2 is 2.53 bits per heavy atom. The highest BCUT2D eigenvalue weighted by atomic mass is 32.1. The Morgan fingerprint density at radius 1 is 1.79 bits per heavy atom. The zero-order valence-corrected chi connectivity index (χ0v) is 11.0. The third-order valence-corrected chi connectivity index (χ3v) is 3.46. The van der Waals surface area contributed by atoms with Crippen LogP contribution in [0.15, 0.2) is 16.1 Å². The lowest BCUT2D eigenvalue weighted by Gasteiger charge is -2.15. The van der Waals surface area contributed by atoms with Gasteiger partial charge in [-0.15, -0.1) is 0 Å². The van der Waals surface area contributed by atoms with Gasteiger partial charge in [0.15, 0.2) is 0 Å². The third kappa shape index (κ3) is 2.69. The molecule has 0 spiro atoms. The van der Waals surface area contributed by atoms with Gasteiger partial charge in [-0.05, 0) is 12.5 Å². The Labute approximate surface area is 113 Å². The minimum Gasteiger partial charge on any atom is -0.394 e. The van der Waals surface area contributed by atoms with E-state index in [9.17, 15) is 9.90 Å². The van der Waals surface area contributed by atoms with Gasteiger partial charge in [-0.2, -0.15) is 0 Å². The number of H-pyrrole nitrogens is 1. The first-order chi connectivity index (χ1) is 9.06. The molecule has 2 rings (SSSR count). The van der Waals surface area contributed by atoms with Crippen molar-refractivity contribution in [3.63, 3.8) is 0 Å². The summed E-state index contributed by atoms with van der Waals surface area (Å²) in [6.45, 7) is 1.51. The molecule has 0 aliphatic carbocycles. The number of nitrogens with zero attached hydrogens (tertiary/aromatic N) is 4. The highest BCUT2D eigenvalue weighted by Gasteiger charge is 2.35. The Balaban J connectivity index is 2.34. The maximum atomic E-state index is 11.8. The van der Waals surface area contributed by atoms with Crippen LogP contribution in [0, 0.1) is 11.6 Å². The zero-order valence-electron chi connectivity index (χ0n) is 10.2. The van der Waals surface area contributed by atoms with Crippen molar-refractivity contribution in [1.29, 1.82) is 0 Å². The number of rotatable bonds is 3. The summed E-state index contributed by atoms with van der Waals surface area (Å²) in [6, 6.07) is -0.490. The Morgan fingerprint density at radius 3 is 3.16 bits per heavy atom. The van der Waals surface area contributed by atoms with Crippen LogP contribution in [-0.4, -0.2) is 33.4 Å². The number of aliphatic hydroxyl groups excluding tert-OH is 1. The predicted octanol–water partition coefficient (Wildman–Crippen LogP) is 1.17. The summed E-state index contributed by atoms with van der Waals surface area (Å²) in [6.07, 6.45) is 0.750. The summed E-state index contributed by atoms with van der Waals surface area (Å²) in [5.41, 5.74) is 8.82. The lowest BCUT2D eigenvalue weighted by Crippen LogP contribution is -2.28. The SMILES string of the molecule is Cc1cn([C@H]2C[C@H](N=[N+]=[N-])[C@@H](CO)O2)c(=O)[nH]c1=S. The Kier molecular flexibility index (Phi) is 4.01. The molecule has 1 aromatic rings. The lowest BCUT2D eigenvalue weighted by molar-refractivity contribution is -0.0271. The van der Waals surface area contributed by atoms with Crippen molar-refractivity contribution in [2.75, 3.05) is 6.61 Å². The number of aryl methyl sites for hydroxylation is 1. The summed E-state index contributed by atoms with van der Waals surface area (Å²) >= 11 is 4.97. The van der Waals surface area contributed by atoms with Gasteiger partial charge in [0.05, 0.1) is 18.8 Å². The van der Waals surface area contributed by atoms with Crippen LogP contribution in [0.1, 0.15) is 18.2 Å². The number of hydrogen-bond acceptors (Lipinski definition) is 5. The molecule has 102 valence electrons. The topological polar surface area (TPSA) is 116 Å². The van der Waals surface area contributed by atoms with Crippen LogP contribution in [0.5, 0.6) is 0 Å². The van der Waals surface area contributed by atoms with E-state index in [1.54, 1.807) is 13.1 Å². The number of nitrogens with one attached hydrogen (secondary N) is 1. The lowest BCUT2D eigenvalue weighted by atomic mass is 10.1. The number of ether oxygens (including phenoxy) is 1. The van der Waals surface area contributed by atoms with Crippen LogP contribution in [0.4, 0.5) is 0 Å². The van der Waals surface area contributed by atoms with Crippen LogP contribution < -0.4 is 5.69 Å². The van der Waals surface area contributed by atoms with E-state index in [1.807, 2.05) is 0 Å².